The molecule has 0 aromatic carbocycles. The first-order chi connectivity index (χ1) is 14.0. The Bertz CT molecular complexity index is 1180. The zero-order valence-electron chi connectivity index (χ0n) is 15.9. The zero-order valence-corrected chi connectivity index (χ0v) is 16.7. The number of anilines is 2. The number of aromatic nitrogens is 4. The highest BCUT2D eigenvalue weighted by atomic mass is 35.5. The number of halogens is 1. The van der Waals surface area contributed by atoms with Crippen molar-refractivity contribution >= 4 is 34.7 Å². The molecule has 7 nitrogen and oxygen atoms in total. The lowest BCUT2D eigenvalue weighted by atomic mass is 9.84. The van der Waals surface area contributed by atoms with Gasteiger partial charge in [0.2, 0.25) is 5.28 Å². The van der Waals surface area contributed by atoms with E-state index in [9.17, 15) is 4.79 Å². The molecule has 4 heterocycles. The number of fused-ring (bicyclic) bond motifs is 5. The maximum Gasteiger partial charge on any atom is 0.253 e. The summed E-state index contributed by atoms with van der Waals surface area (Å²) < 4.78 is 0. The SMILES string of the molecule is C=C(C)c1c(Nc2ccnc(Cl)n2)ncc2c1-c1[nH]c3c(c1CC2)C(=O)NCC3. The summed E-state index contributed by atoms with van der Waals surface area (Å²) in [6, 6.07) is 1.73. The summed E-state index contributed by atoms with van der Waals surface area (Å²) >= 11 is 5.92. The van der Waals surface area contributed by atoms with E-state index in [1.54, 1.807) is 12.3 Å². The van der Waals surface area contributed by atoms with Gasteiger partial charge in [0.1, 0.15) is 11.6 Å². The van der Waals surface area contributed by atoms with Crippen LogP contribution in [-0.2, 0) is 19.3 Å². The molecule has 0 radical (unpaired) electrons. The average Bonchev–Trinajstić information content (AvgIpc) is 3.08. The van der Waals surface area contributed by atoms with Crippen molar-refractivity contribution in [3.05, 3.63) is 58.3 Å². The van der Waals surface area contributed by atoms with Crippen LogP contribution in [0.25, 0.3) is 16.8 Å². The molecule has 1 amide bonds. The minimum atomic E-state index is 0.00658. The molecule has 29 heavy (non-hydrogen) atoms. The maximum atomic E-state index is 12.5. The molecule has 1 aliphatic heterocycles. The standard InChI is InChI=1S/C21H19ClN6O/c1-10(2)15-16-11(9-25-19(15)27-14-6-8-24-21(22)28-14)3-4-12-17-13(26-18(12)16)5-7-23-20(17)29/h6,8-9,26H,1,3-5,7H2,2H3,(H,23,29)(H,24,25,27,28). The number of pyridine rings is 1. The molecule has 3 aromatic heterocycles. The van der Waals surface area contributed by atoms with Crippen molar-refractivity contribution < 1.29 is 4.79 Å². The molecular weight excluding hydrogens is 388 g/mol. The molecule has 5 rings (SSSR count). The Morgan fingerprint density at radius 1 is 1.24 bits per heavy atom. The fraction of sp³-hybridized carbons (Fsp3) is 0.238. The summed E-state index contributed by atoms with van der Waals surface area (Å²) in [7, 11) is 0. The third-order valence-corrected chi connectivity index (χ3v) is 5.60. The highest BCUT2D eigenvalue weighted by Gasteiger charge is 2.31. The first kappa shape index (κ1) is 17.9. The second-order valence-corrected chi connectivity index (χ2v) is 7.67. The van der Waals surface area contributed by atoms with Crippen molar-refractivity contribution in [3.8, 4) is 11.3 Å². The fourth-order valence-electron chi connectivity index (χ4n) is 4.23. The normalized spacial score (nSPS) is 14.5. The molecule has 0 fully saturated rings. The van der Waals surface area contributed by atoms with Gasteiger partial charge in [-0.3, -0.25) is 4.79 Å². The number of aryl methyl sites for hydroxylation is 1. The first-order valence-corrected chi connectivity index (χ1v) is 9.86. The molecule has 3 N–H and O–H groups in total. The predicted molar refractivity (Wildman–Crippen MR) is 113 cm³/mol. The minimum absolute atomic E-state index is 0.00658. The number of H-pyrrole nitrogens is 1. The van der Waals surface area contributed by atoms with Crippen molar-refractivity contribution in [1.82, 2.24) is 25.3 Å². The van der Waals surface area contributed by atoms with Crippen LogP contribution in [0.5, 0.6) is 0 Å². The quantitative estimate of drug-likeness (QED) is 0.576. The third-order valence-electron chi connectivity index (χ3n) is 5.42. The van der Waals surface area contributed by atoms with Crippen molar-refractivity contribution in [1.29, 1.82) is 0 Å². The van der Waals surface area contributed by atoms with Crippen molar-refractivity contribution in [2.75, 3.05) is 11.9 Å². The van der Waals surface area contributed by atoms with Crippen LogP contribution in [0.3, 0.4) is 0 Å². The molecule has 0 unspecified atom stereocenters. The summed E-state index contributed by atoms with van der Waals surface area (Å²) in [5.41, 5.74) is 7.87. The summed E-state index contributed by atoms with van der Waals surface area (Å²) in [5.74, 6) is 1.21. The van der Waals surface area contributed by atoms with E-state index in [1.165, 1.54) is 0 Å². The highest BCUT2D eigenvalue weighted by molar-refractivity contribution is 6.28. The number of carbonyl (C=O) groups is 1. The molecule has 0 bridgehead atoms. The van der Waals surface area contributed by atoms with E-state index in [0.29, 0.717) is 18.2 Å². The van der Waals surface area contributed by atoms with Gasteiger partial charge >= 0.3 is 0 Å². The number of aromatic amines is 1. The van der Waals surface area contributed by atoms with Crippen molar-refractivity contribution in [3.63, 3.8) is 0 Å². The lowest BCUT2D eigenvalue weighted by Crippen LogP contribution is -2.32. The molecule has 146 valence electrons. The van der Waals surface area contributed by atoms with Crippen LogP contribution in [0, 0.1) is 0 Å². The van der Waals surface area contributed by atoms with Gasteiger partial charge in [0.15, 0.2) is 0 Å². The van der Waals surface area contributed by atoms with Gasteiger partial charge in [-0.1, -0.05) is 6.58 Å². The van der Waals surface area contributed by atoms with Gasteiger partial charge in [0.25, 0.3) is 5.91 Å². The van der Waals surface area contributed by atoms with E-state index in [4.69, 9.17) is 11.6 Å². The van der Waals surface area contributed by atoms with Gasteiger partial charge in [-0.15, -0.1) is 0 Å². The van der Waals surface area contributed by atoms with Crippen LogP contribution in [-0.4, -0.2) is 32.4 Å². The lowest BCUT2D eigenvalue weighted by Gasteiger charge is -2.23. The largest absolute Gasteiger partial charge is 0.357 e. The number of hydrogen-bond acceptors (Lipinski definition) is 5. The number of nitrogens with zero attached hydrogens (tertiary/aromatic N) is 3. The zero-order chi connectivity index (χ0) is 20.1. The number of nitrogens with one attached hydrogen (secondary N) is 3. The predicted octanol–water partition coefficient (Wildman–Crippen LogP) is 3.68. The van der Waals surface area contributed by atoms with Gasteiger partial charge in [-0.25, -0.2) is 15.0 Å². The maximum absolute atomic E-state index is 12.5. The second kappa shape index (κ2) is 6.70. The van der Waals surface area contributed by atoms with E-state index < -0.39 is 0 Å². The second-order valence-electron chi connectivity index (χ2n) is 7.34. The van der Waals surface area contributed by atoms with Crippen LogP contribution in [0.2, 0.25) is 5.28 Å². The van der Waals surface area contributed by atoms with Gasteiger partial charge in [-0.2, -0.15) is 0 Å². The third kappa shape index (κ3) is 2.89. The number of amides is 1. The lowest BCUT2D eigenvalue weighted by molar-refractivity contribution is 0.0945. The van der Waals surface area contributed by atoms with Crippen LogP contribution in [0.1, 0.15) is 39.7 Å². The Morgan fingerprint density at radius 3 is 2.90 bits per heavy atom. The van der Waals surface area contributed by atoms with E-state index in [0.717, 1.165) is 64.0 Å². The first-order valence-electron chi connectivity index (χ1n) is 9.48. The van der Waals surface area contributed by atoms with Gasteiger partial charge < -0.3 is 15.6 Å². The van der Waals surface area contributed by atoms with Gasteiger partial charge in [-0.05, 0) is 54.1 Å². The Morgan fingerprint density at radius 2 is 2.10 bits per heavy atom. The van der Waals surface area contributed by atoms with Crippen molar-refractivity contribution in [2.45, 2.75) is 26.2 Å². The van der Waals surface area contributed by atoms with Crippen LogP contribution in [0.4, 0.5) is 11.6 Å². The number of allylic oxidation sites excluding steroid dienone is 1. The van der Waals surface area contributed by atoms with E-state index in [2.05, 4.69) is 37.1 Å². The highest BCUT2D eigenvalue weighted by Crippen LogP contribution is 2.43. The Balaban J connectivity index is 1.70. The summed E-state index contributed by atoms with van der Waals surface area (Å²) in [6.45, 7) is 6.80. The number of hydrogen-bond donors (Lipinski definition) is 3. The van der Waals surface area contributed by atoms with Gasteiger partial charge in [0, 0.05) is 42.2 Å². The Kier molecular flexibility index (Phi) is 4.13. The number of carbonyl (C=O) groups excluding carboxylic acids is 1. The fourth-order valence-corrected chi connectivity index (χ4v) is 4.38. The molecular formula is C21H19ClN6O. The molecule has 0 atom stereocenters. The summed E-state index contributed by atoms with van der Waals surface area (Å²) in [6.07, 6.45) is 5.92. The molecule has 2 aliphatic rings. The molecule has 8 heteroatoms. The van der Waals surface area contributed by atoms with Crippen LogP contribution < -0.4 is 10.6 Å². The average molecular weight is 407 g/mol. The minimum Gasteiger partial charge on any atom is -0.357 e. The van der Waals surface area contributed by atoms with Crippen molar-refractivity contribution in [2.24, 2.45) is 0 Å². The Hall–Kier alpha value is -3.19. The number of rotatable bonds is 3. The van der Waals surface area contributed by atoms with E-state index in [1.807, 2.05) is 13.1 Å². The van der Waals surface area contributed by atoms with E-state index in [-0.39, 0.29) is 11.2 Å². The molecule has 0 saturated heterocycles. The molecule has 0 spiro atoms. The van der Waals surface area contributed by atoms with Crippen LogP contribution in [0.15, 0.2) is 25.0 Å². The monoisotopic (exact) mass is 406 g/mol. The summed E-state index contributed by atoms with van der Waals surface area (Å²) in [4.78, 5) is 28.8. The smallest absolute Gasteiger partial charge is 0.253 e. The molecule has 1 aliphatic carbocycles. The summed E-state index contributed by atoms with van der Waals surface area (Å²) in [5, 5.41) is 6.36. The molecule has 3 aromatic rings. The van der Waals surface area contributed by atoms with E-state index >= 15 is 0 Å². The molecule has 0 saturated carbocycles. The topological polar surface area (TPSA) is 95.6 Å². The van der Waals surface area contributed by atoms with Crippen LogP contribution >= 0.6 is 11.6 Å². The van der Waals surface area contributed by atoms with Gasteiger partial charge in [0.05, 0.1) is 11.3 Å². The Labute approximate surface area is 172 Å².